The number of carbonyl (C=O) groups excluding carboxylic acids is 2. The summed E-state index contributed by atoms with van der Waals surface area (Å²) in [6.07, 6.45) is 1.38. The molecule has 7 heteroatoms. The second-order valence-corrected chi connectivity index (χ2v) is 4.62. The molecule has 6 nitrogen and oxygen atoms in total. The van der Waals surface area contributed by atoms with E-state index >= 15 is 0 Å². The van der Waals surface area contributed by atoms with Gasteiger partial charge in [-0.05, 0) is 36.4 Å². The molecule has 1 aromatic carbocycles. The first-order valence-electron chi connectivity index (χ1n) is 6.51. The van der Waals surface area contributed by atoms with Gasteiger partial charge < -0.3 is 19.2 Å². The van der Waals surface area contributed by atoms with Crippen molar-refractivity contribution in [2.45, 2.75) is 0 Å². The summed E-state index contributed by atoms with van der Waals surface area (Å²) >= 11 is 5.75. The minimum atomic E-state index is -0.556. The van der Waals surface area contributed by atoms with Crippen LogP contribution in [0.5, 0.6) is 5.75 Å². The van der Waals surface area contributed by atoms with E-state index < -0.39 is 11.9 Å². The Hall–Kier alpha value is -2.47. The summed E-state index contributed by atoms with van der Waals surface area (Å²) in [5.74, 6) is -0.260. The Labute approximate surface area is 132 Å². The molecular weight excluding hydrogens is 310 g/mol. The molecule has 0 fully saturated rings. The van der Waals surface area contributed by atoms with Crippen molar-refractivity contribution in [2.75, 3.05) is 19.8 Å². The zero-order valence-electron chi connectivity index (χ0n) is 11.6. The van der Waals surface area contributed by atoms with Crippen LogP contribution in [-0.2, 0) is 9.53 Å². The average Bonchev–Trinajstić information content (AvgIpc) is 3.05. The van der Waals surface area contributed by atoms with E-state index in [1.165, 1.54) is 12.3 Å². The number of nitrogens with one attached hydrogen (secondary N) is 1. The third-order valence-corrected chi connectivity index (χ3v) is 2.82. The molecular formula is C15H14ClNO5. The van der Waals surface area contributed by atoms with Gasteiger partial charge in [0.15, 0.2) is 5.76 Å². The first-order valence-corrected chi connectivity index (χ1v) is 6.88. The van der Waals surface area contributed by atoms with Gasteiger partial charge in [0.05, 0.1) is 6.26 Å². The van der Waals surface area contributed by atoms with E-state index in [1.54, 1.807) is 30.3 Å². The topological polar surface area (TPSA) is 77.8 Å². The summed E-state index contributed by atoms with van der Waals surface area (Å²) in [5.41, 5.74) is 0. The van der Waals surface area contributed by atoms with Crippen LogP contribution < -0.4 is 10.1 Å². The van der Waals surface area contributed by atoms with Crippen molar-refractivity contribution < 1.29 is 23.5 Å². The number of esters is 1. The van der Waals surface area contributed by atoms with Crippen LogP contribution in [0.25, 0.3) is 0 Å². The van der Waals surface area contributed by atoms with Crippen LogP contribution in [0, 0.1) is 0 Å². The smallest absolute Gasteiger partial charge is 0.325 e. The van der Waals surface area contributed by atoms with Crippen LogP contribution in [-0.4, -0.2) is 31.6 Å². The fourth-order valence-corrected chi connectivity index (χ4v) is 1.67. The minimum Gasteiger partial charge on any atom is -0.490 e. The van der Waals surface area contributed by atoms with Gasteiger partial charge in [0, 0.05) is 5.02 Å². The summed E-state index contributed by atoms with van der Waals surface area (Å²) in [4.78, 5) is 22.9. The summed E-state index contributed by atoms with van der Waals surface area (Å²) < 4.78 is 15.2. The third-order valence-electron chi connectivity index (χ3n) is 2.57. The molecule has 0 saturated heterocycles. The van der Waals surface area contributed by atoms with E-state index in [-0.39, 0.29) is 25.5 Å². The Morgan fingerprint density at radius 2 is 1.91 bits per heavy atom. The first-order chi connectivity index (χ1) is 10.6. The Kier molecular flexibility index (Phi) is 5.85. The van der Waals surface area contributed by atoms with Crippen LogP contribution in [0.4, 0.5) is 0 Å². The molecule has 116 valence electrons. The highest BCUT2D eigenvalue weighted by Crippen LogP contribution is 2.15. The highest BCUT2D eigenvalue weighted by molar-refractivity contribution is 6.30. The number of ether oxygens (including phenoxy) is 2. The van der Waals surface area contributed by atoms with E-state index in [1.807, 2.05) is 0 Å². The van der Waals surface area contributed by atoms with Crippen LogP contribution in [0.1, 0.15) is 10.6 Å². The SMILES string of the molecule is O=C(CNC(=O)c1ccco1)OCCOc1ccc(Cl)cc1. The molecule has 0 aliphatic heterocycles. The number of carbonyl (C=O) groups is 2. The Morgan fingerprint density at radius 1 is 1.14 bits per heavy atom. The molecule has 0 unspecified atom stereocenters. The van der Waals surface area contributed by atoms with Crippen LogP contribution in [0.3, 0.4) is 0 Å². The zero-order valence-corrected chi connectivity index (χ0v) is 12.3. The van der Waals surface area contributed by atoms with Gasteiger partial charge in [-0.3, -0.25) is 9.59 Å². The molecule has 1 aromatic heterocycles. The number of furan rings is 1. The predicted octanol–water partition coefficient (Wildman–Crippen LogP) is 2.29. The molecule has 1 heterocycles. The number of benzene rings is 1. The molecule has 22 heavy (non-hydrogen) atoms. The highest BCUT2D eigenvalue weighted by atomic mass is 35.5. The Bertz CT molecular complexity index is 609. The number of hydrogen-bond acceptors (Lipinski definition) is 5. The predicted molar refractivity (Wildman–Crippen MR) is 78.9 cm³/mol. The summed E-state index contributed by atoms with van der Waals surface area (Å²) in [6, 6.07) is 9.92. The number of amides is 1. The molecule has 2 rings (SSSR count). The molecule has 0 aliphatic carbocycles. The Balaban J connectivity index is 1.59. The van der Waals surface area contributed by atoms with Crippen LogP contribution >= 0.6 is 11.6 Å². The van der Waals surface area contributed by atoms with E-state index in [0.717, 1.165) is 0 Å². The molecule has 1 N–H and O–H groups in total. The maximum Gasteiger partial charge on any atom is 0.325 e. The van der Waals surface area contributed by atoms with E-state index in [2.05, 4.69) is 5.32 Å². The quantitative estimate of drug-likeness (QED) is 0.625. The fourth-order valence-electron chi connectivity index (χ4n) is 1.54. The summed E-state index contributed by atoms with van der Waals surface area (Å²) in [6.45, 7) is 0.0536. The number of rotatable bonds is 7. The number of halogens is 1. The molecule has 2 aromatic rings. The maximum atomic E-state index is 11.5. The molecule has 0 spiro atoms. The van der Waals surface area contributed by atoms with Gasteiger partial charge in [-0.25, -0.2) is 0 Å². The van der Waals surface area contributed by atoms with Gasteiger partial charge in [-0.2, -0.15) is 0 Å². The second kappa shape index (κ2) is 8.09. The monoisotopic (exact) mass is 323 g/mol. The van der Waals surface area contributed by atoms with Crippen LogP contribution in [0.15, 0.2) is 47.1 Å². The van der Waals surface area contributed by atoms with Crippen molar-refractivity contribution in [1.82, 2.24) is 5.32 Å². The van der Waals surface area contributed by atoms with Crippen molar-refractivity contribution in [2.24, 2.45) is 0 Å². The molecule has 0 aliphatic rings. The minimum absolute atomic E-state index is 0.0814. The lowest BCUT2D eigenvalue weighted by Gasteiger charge is -2.07. The van der Waals surface area contributed by atoms with E-state index in [4.69, 9.17) is 25.5 Å². The zero-order chi connectivity index (χ0) is 15.8. The van der Waals surface area contributed by atoms with Gasteiger partial charge in [0.1, 0.15) is 25.5 Å². The van der Waals surface area contributed by atoms with E-state index in [9.17, 15) is 9.59 Å². The van der Waals surface area contributed by atoms with Gasteiger partial charge in [-0.15, -0.1) is 0 Å². The summed E-state index contributed by atoms with van der Waals surface area (Å²) in [7, 11) is 0. The van der Waals surface area contributed by atoms with Gasteiger partial charge in [0.2, 0.25) is 0 Å². The van der Waals surface area contributed by atoms with Crippen molar-refractivity contribution >= 4 is 23.5 Å². The van der Waals surface area contributed by atoms with Crippen molar-refractivity contribution in [1.29, 1.82) is 0 Å². The van der Waals surface area contributed by atoms with Crippen LogP contribution in [0.2, 0.25) is 5.02 Å². The molecule has 0 saturated carbocycles. The Morgan fingerprint density at radius 3 is 2.59 bits per heavy atom. The lowest BCUT2D eigenvalue weighted by atomic mass is 10.3. The normalized spacial score (nSPS) is 10.0. The largest absolute Gasteiger partial charge is 0.490 e. The fraction of sp³-hybridized carbons (Fsp3) is 0.200. The third kappa shape index (κ3) is 5.14. The van der Waals surface area contributed by atoms with Gasteiger partial charge in [0.25, 0.3) is 5.91 Å². The lowest BCUT2D eigenvalue weighted by Crippen LogP contribution is -2.31. The number of hydrogen-bond donors (Lipinski definition) is 1. The molecule has 0 radical (unpaired) electrons. The lowest BCUT2D eigenvalue weighted by molar-refractivity contribution is -0.143. The molecule has 0 bridgehead atoms. The molecule has 1 amide bonds. The highest BCUT2D eigenvalue weighted by Gasteiger charge is 2.10. The standard InChI is InChI=1S/C15H14ClNO5/c16-11-3-5-12(6-4-11)20-8-9-22-14(18)10-17-15(19)13-2-1-7-21-13/h1-7H,8-10H2,(H,17,19). The van der Waals surface area contributed by atoms with Crippen molar-refractivity contribution in [3.8, 4) is 5.75 Å². The van der Waals surface area contributed by atoms with Crippen molar-refractivity contribution in [3.05, 3.63) is 53.4 Å². The van der Waals surface area contributed by atoms with Gasteiger partial charge in [-0.1, -0.05) is 11.6 Å². The first kappa shape index (κ1) is 15.9. The second-order valence-electron chi connectivity index (χ2n) is 4.18. The average molecular weight is 324 g/mol. The van der Waals surface area contributed by atoms with Gasteiger partial charge >= 0.3 is 5.97 Å². The van der Waals surface area contributed by atoms with E-state index in [0.29, 0.717) is 10.8 Å². The maximum absolute atomic E-state index is 11.5. The molecule has 0 atom stereocenters. The van der Waals surface area contributed by atoms with Crippen molar-refractivity contribution in [3.63, 3.8) is 0 Å². The summed E-state index contributed by atoms with van der Waals surface area (Å²) in [5, 5.41) is 3.00.